The van der Waals surface area contributed by atoms with Gasteiger partial charge in [0.2, 0.25) is 0 Å². The number of nitrogens with zero attached hydrogens (tertiary/aromatic N) is 4. The molecule has 0 aliphatic carbocycles. The van der Waals surface area contributed by atoms with E-state index in [4.69, 9.17) is 0 Å². The fourth-order valence-electron chi connectivity index (χ4n) is 3.58. The van der Waals surface area contributed by atoms with E-state index in [1.807, 2.05) is 30.5 Å². The molecule has 0 unspecified atom stereocenters. The van der Waals surface area contributed by atoms with Crippen LogP contribution < -0.4 is 0 Å². The highest BCUT2D eigenvalue weighted by atomic mass is 19.1. The van der Waals surface area contributed by atoms with Crippen LogP contribution in [0.1, 0.15) is 5.56 Å². The summed E-state index contributed by atoms with van der Waals surface area (Å²) in [6.07, 6.45) is 6.91. The molecule has 7 heteroatoms. The second-order valence-corrected chi connectivity index (χ2v) is 6.96. The first-order chi connectivity index (χ1) is 14.7. The Labute approximate surface area is 171 Å². The van der Waals surface area contributed by atoms with E-state index in [0.717, 1.165) is 22.2 Å². The van der Waals surface area contributed by atoms with Crippen molar-refractivity contribution in [3.8, 4) is 22.6 Å². The number of hydrogen-bond donors (Lipinski definition) is 1. The van der Waals surface area contributed by atoms with Crippen molar-refractivity contribution in [2.75, 3.05) is 0 Å². The number of fused-ring (bicyclic) bond motifs is 1. The number of benzene rings is 2. The Morgan fingerprint density at radius 1 is 0.933 bits per heavy atom. The third kappa shape index (κ3) is 3.34. The number of aromatic nitrogens is 5. The van der Waals surface area contributed by atoms with E-state index in [1.165, 1.54) is 18.2 Å². The predicted molar refractivity (Wildman–Crippen MR) is 111 cm³/mol. The highest BCUT2D eigenvalue weighted by Crippen LogP contribution is 2.28. The molecule has 3 aromatic heterocycles. The molecule has 148 valence electrons. The molecule has 0 saturated heterocycles. The van der Waals surface area contributed by atoms with Gasteiger partial charge in [0.25, 0.3) is 0 Å². The van der Waals surface area contributed by atoms with Gasteiger partial charge in [0.1, 0.15) is 23.0 Å². The first-order valence-corrected chi connectivity index (χ1v) is 9.54. The van der Waals surface area contributed by atoms with Crippen molar-refractivity contribution in [1.29, 1.82) is 0 Å². The van der Waals surface area contributed by atoms with E-state index in [9.17, 15) is 8.78 Å². The lowest BCUT2D eigenvalue weighted by Gasteiger charge is -2.09. The molecule has 0 amide bonds. The van der Waals surface area contributed by atoms with E-state index in [2.05, 4.69) is 26.1 Å². The zero-order valence-corrected chi connectivity index (χ0v) is 15.9. The van der Waals surface area contributed by atoms with Gasteiger partial charge in [-0.25, -0.2) is 8.78 Å². The van der Waals surface area contributed by atoms with Crippen LogP contribution >= 0.6 is 0 Å². The molecule has 2 aromatic carbocycles. The summed E-state index contributed by atoms with van der Waals surface area (Å²) in [7, 11) is 0. The maximum Gasteiger partial charge on any atom is 0.129 e. The zero-order chi connectivity index (χ0) is 20.5. The summed E-state index contributed by atoms with van der Waals surface area (Å²) in [5.41, 5.74) is 4.18. The number of aryl methyl sites for hydroxylation is 1. The Morgan fingerprint density at radius 3 is 2.60 bits per heavy atom. The van der Waals surface area contributed by atoms with Crippen molar-refractivity contribution in [3.05, 3.63) is 90.5 Å². The van der Waals surface area contributed by atoms with Gasteiger partial charge in [0.15, 0.2) is 0 Å². The van der Waals surface area contributed by atoms with Crippen LogP contribution in [0.5, 0.6) is 0 Å². The standard InChI is InChI=1S/C23H17F2N5/c24-18-2-1-3-19(25)17(18)7-11-30-23(13-21(29-30)22-14-26-9-10-28-22)16-4-5-20-15(12-16)6-8-27-20/h1-6,8-10,12-14,27H,7,11H2. The third-order valence-corrected chi connectivity index (χ3v) is 5.09. The van der Waals surface area contributed by atoms with Gasteiger partial charge in [-0.3, -0.25) is 14.6 Å². The summed E-state index contributed by atoms with van der Waals surface area (Å²) >= 11 is 0. The largest absolute Gasteiger partial charge is 0.361 e. The number of hydrogen-bond acceptors (Lipinski definition) is 3. The molecule has 5 rings (SSSR count). The van der Waals surface area contributed by atoms with Crippen molar-refractivity contribution >= 4 is 10.9 Å². The smallest absolute Gasteiger partial charge is 0.129 e. The second-order valence-electron chi connectivity index (χ2n) is 6.96. The Morgan fingerprint density at radius 2 is 1.80 bits per heavy atom. The molecule has 1 N–H and O–H groups in total. The Hall–Kier alpha value is -3.87. The molecule has 3 heterocycles. The van der Waals surface area contributed by atoms with Gasteiger partial charge < -0.3 is 4.98 Å². The first kappa shape index (κ1) is 18.2. The van der Waals surface area contributed by atoms with Crippen LogP contribution in [0.2, 0.25) is 0 Å². The van der Waals surface area contributed by atoms with E-state index in [-0.39, 0.29) is 12.0 Å². The average Bonchev–Trinajstić information content (AvgIpc) is 3.40. The Balaban J connectivity index is 1.56. The molecule has 0 fully saturated rings. The first-order valence-electron chi connectivity index (χ1n) is 9.54. The maximum atomic E-state index is 14.1. The molecule has 0 bridgehead atoms. The molecular weight excluding hydrogens is 384 g/mol. The number of H-pyrrole nitrogens is 1. The Bertz CT molecular complexity index is 1300. The number of rotatable bonds is 5. The van der Waals surface area contributed by atoms with Gasteiger partial charge in [-0.2, -0.15) is 5.10 Å². The summed E-state index contributed by atoms with van der Waals surface area (Å²) in [6, 6.07) is 13.9. The molecular formula is C23H17F2N5. The zero-order valence-electron chi connectivity index (χ0n) is 15.9. The molecule has 0 spiro atoms. The van der Waals surface area contributed by atoms with Crippen LogP contribution in [0.4, 0.5) is 8.78 Å². The third-order valence-electron chi connectivity index (χ3n) is 5.09. The minimum absolute atomic E-state index is 0.0566. The summed E-state index contributed by atoms with van der Waals surface area (Å²) < 4.78 is 30.0. The summed E-state index contributed by atoms with van der Waals surface area (Å²) in [6.45, 7) is 0.318. The normalized spacial score (nSPS) is 11.3. The molecule has 0 aliphatic rings. The van der Waals surface area contributed by atoms with Gasteiger partial charge in [0.05, 0.1) is 11.9 Å². The molecule has 0 saturated carbocycles. The lowest BCUT2D eigenvalue weighted by Crippen LogP contribution is -2.08. The van der Waals surface area contributed by atoms with E-state index < -0.39 is 11.6 Å². The number of halogens is 2. The van der Waals surface area contributed by atoms with Gasteiger partial charge in [-0.05, 0) is 42.8 Å². The van der Waals surface area contributed by atoms with Crippen molar-refractivity contribution in [2.24, 2.45) is 0 Å². The molecule has 0 aliphatic heterocycles. The van der Waals surface area contributed by atoms with Crippen molar-refractivity contribution < 1.29 is 8.78 Å². The highest BCUT2D eigenvalue weighted by Gasteiger charge is 2.15. The van der Waals surface area contributed by atoms with Crippen molar-refractivity contribution in [2.45, 2.75) is 13.0 Å². The Kier molecular flexibility index (Phi) is 4.55. The average molecular weight is 401 g/mol. The topological polar surface area (TPSA) is 59.4 Å². The minimum Gasteiger partial charge on any atom is -0.361 e. The predicted octanol–water partition coefficient (Wildman–Crippen LogP) is 5.01. The monoisotopic (exact) mass is 401 g/mol. The van der Waals surface area contributed by atoms with Crippen molar-refractivity contribution in [3.63, 3.8) is 0 Å². The van der Waals surface area contributed by atoms with Crippen LogP contribution in [0.3, 0.4) is 0 Å². The van der Waals surface area contributed by atoms with E-state index in [0.29, 0.717) is 17.9 Å². The SMILES string of the molecule is Fc1cccc(F)c1CCn1nc(-c2cnccn2)cc1-c1ccc2[nH]ccc2c1. The van der Waals surface area contributed by atoms with Crippen LogP contribution in [0.15, 0.2) is 73.3 Å². The maximum absolute atomic E-state index is 14.1. The summed E-state index contributed by atoms with van der Waals surface area (Å²) in [5.74, 6) is -1.10. The molecule has 5 nitrogen and oxygen atoms in total. The number of nitrogens with one attached hydrogen (secondary N) is 1. The molecule has 5 aromatic rings. The van der Waals surface area contributed by atoms with E-state index in [1.54, 1.807) is 23.3 Å². The lowest BCUT2D eigenvalue weighted by atomic mass is 10.1. The van der Waals surface area contributed by atoms with Crippen LogP contribution in [0, 0.1) is 11.6 Å². The molecule has 30 heavy (non-hydrogen) atoms. The van der Waals surface area contributed by atoms with Gasteiger partial charge in [0, 0.05) is 47.2 Å². The lowest BCUT2D eigenvalue weighted by molar-refractivity contribution is 0.531. The molecule has 0 atom stereocenters. The fourth-order valence-corrected chi connectivity index (χ4v) is 3.58. The summed E-state index contributed by atoms with van der Waals surface area (Å²) in [5, 5.41) is 5.73. The van der Waals surface area contributed by atoms with Gasteiger partial charge in [-0.15, -0.1) is 0 Å². The van der Waals surface area contributed by atoms with Gasteiger partial charge >= 0.3 is 0 Å². The van der Waals surface area contributed by atoms with Crippen LogP contribution in [0.25, 0.3) is 33.5 Å². The second kappa shape index (κ2) is 7.51. The fraction of sp³-hybridized carbons (Fsp3) is 0.0870. The number of aromatic amines is 1. The highest BCUT2D eigenvalue weighted by molar-refractivity contribution is 5.85. The van der Waals surface area contributed by atoms with Crippen LogP contribution in [-0.4, -0.2) is 24.7 Å². The quantitative estimate of drug-likeness (QED) is 0.450. The van der Waals surface area contributed by atoms with Gasteiger partial charge in [-0.1, -0.05) is 12.1 Å². The minimum atomic E-state index is -0.549. The van der Waals surface area contributed by atoms with E-state index >= 15 is 0 Å². The van der Waals surface area contributed by atoms with Crippen molar-refractivity contribution in [1.82, 2.24) is 24.7 Å². The summed E-state index contributed by atoms with van der Waals surface area (Å²) in [4.78, 5) is 11.6. The van der Waals surface area contributed by atoms with Crippen LogP contribution in [-0.2, 0) is 13.0 Å². The molecule has 0 radical (unpaired) electrons.